The third-order valence-electron chi connectivity index (χ3n) is 2.83. The second-order valence-electron chi connectivity index (χ2n) is 4.38. The van der Waals surface area contributed by atoms with Crippen LogP contribution in [0.25, 0.3) is 0 Å². The summed E-state index contributed by atoms with van der Waals surface area (Å²) in [6, 6.07) is 0. The predicted molar refractivity (Wildman–Crippen MR) is 52.5 cm³/mol. The first-order chi connectivity index (χ1) is 6.13. The highest BCUT2D eigenvalue weighted by Crippen LogP contribution is 2.17. The van der Waals surface area contributed by atoms with Gasteiger partial charge in [-0.3, -0.25) is 0 Å². The molecule has 1 heterocycles. The van der Waals surface area contributed by atoms with Crippen LogP contribution in [0.1, 0.15) is 20.3 Å². The molecule has 1 fully saturated rings. The van der Waals surface area contributed by atoms with Crippen LogP contribution in [0.15, 0.2) is 0 Å². The lowest BCUT2D eigenvalue weighted by molar-refractivity contribution is 0.0264. The Morgan fingerprint density at radius 3 is 2.77 bits per heavy atom. The lowest BCUT2D eigenvalue weighted by Crippen LogP contribution is -2.43. The summed E-state index contributed by atoms with van der Waals surface area (Å²) in [6.45, 7) is 7.28. The van der Waals surface area contributed by atoms with Crippen molar-refractivity contribution < 1.29 is 10.2 Å². The van der Waals surface area contributed by atoms with Crippen molar-refractivity contribution >= 4 is 0 Å². The number of rotatable bonds is 3. The van der Waals surface area contributed by atoms with Crippen molar-refractivity contribution in [2.24, 2.45) is 11.8 Å². The standard InChI is InChI=1S/C10H21NO2/c1-8(7-12)5-11-4-3-10(13)9(2)6-11/h8-10,12-13H,3-7H2,1-2H3. The van der Waals surface area contributed by atoms with E-state index in [0.717, 1.165) is 26.1 Å². The first-order valence-corrected chi connectivity index (χ1v) is 5.14. The molecule has 0 amide bonds. The Hall–Kier alpha value is -0.120. The van der Waals surface area contributed by atoms with Gasteiger partial charge in [0.2, 0.25) is 0 Å². The van der Waals surface area contributed by atoms with Gasteiger partial charge >= 0.3 is 0 Å². The lowest BCUT2D eigenvalue weighted by atomic mass is 9.96. The maximum atomic E-state index is 9.51. The number of likely N-dealkylation sites (tertiary alicyclic amines) is 1. The summed E-state index contributed by atoms with van der Waals surface area (Å²) >= 11 is 0. The van der Waals surface area contributed by atoms with Gasteiger partial charge in [0, 0.05) is 26.2 Å². The second kappa shape index (κ2) is 4.94. The molecule has 1 rings (SSSR count). The molecule has 0 aromatic heterocycles. The molecule has 0 aromatic carbocycles. The molecule has 0 saturated carbocycles. The number of nitrogens with zero attached hydrogens (tertiary/aromatic N) is 1. The van der Waals surface area contributed by atoms with Crippen LogP contribution in [-0.4, -0.2) is 47.5 Å². The highest BCUT2D eigenvalue weighted by molar-refractivity contribution is 4.77. The molecule has 1 aliphatic heterocycles. The fourth-order valence-electron chi connectivity index (χ4n) is 1.88. The molecule has 3 heteroatoms. The van der Waals surface area contributed by atoms with Crippen LogP contribution in [0.2, 0.25) is 0 Å². The number of piperidine rings is 1. The SMILES string of the molecule is CC(CO)CN1CCC(O)C(C)C1. The number of hydrogen-bond acceptors (Lipinski definition) is 3. The summed E-state index contributed by atoms with van der Waals surface area (Å²) in [4.78, 5) is 2.33. The molecule has 3 unspecified atom stereocenters. The summed E-state index contributed by atoms with van der Waals surface area (Å²) in [7, 11) is 0. The van der Waals surface area contributed by atoms with Crippen molar-refractivity contribution in [3.05, 3.63) is 0 Å². The van der Waals surface area contributed by atoms with Crippen LogP contribution < -0.4 is 0 Å². The van der Waals surface area contributed by atoms with Crippen LogP contribution in [-0.2, 0) is 0 Å². The molecule has 0 aromatic rings. The molecule has 3 atom stereocenters. The van der Waals surface area contributed by atoms with Gasteiger partial charge < -0.3 is 15.1 Å². The number of aliphatic hydroxyl groups excluding tert-OH is 2. The third kappa shape index (κ3) is 3.25. The van der Waals surface area contributed by atoms with E-state index in [1.807, 2.05) is 0 Å². The molecule has 2 N–H and O–H groups in total. The summed E-state index contributed by atoms with van der Waals surface area (Å²) in [5.41, 5.74) is 0. The van der Waals surface area contributed by atoms with Gasteiger partial charge in [0.05, 0.1) is 6.10 Å². The van der Waals surface area contributed by atoms with E-state index in [1.165, 1.54) is 0 Å². The Morgan fingerprint density at radius 2 is 2.23 bits per heavy atom. The van der Waals surface area contributed by atoms with Crippen LogP contribution in [0.4, 0.5) is 0 Å². The van der Waals surface area contributed by atoms with Gasteiger partial charge in [-0.15, -0.1) is 0 Å². The zero-order valence-corrected chi connectivity index (χ0v) is 8.61. The molecular weight excluding hydrogens is 166 g/mol. The molecule has 0 aliphatic carbocycles. The molecule has 0 bridgehead atoms. The Balaban J connectivity index is 2.29. The molecule has 13 heavy (non-hydrogen) atoms. The van der Waals surface area contributed by atoms with Crippen molar-refractivity contribution in [3.8, 4) is 0 Å². The van der Waals surface area contributed by atoms with E-state index in [1.54, 1.807) is 0 Å². The topological polar surface area (TPSA) is 43.7 Å². The highest BCUT2D eigenvalue weighted by atomic mass is 16.3. The van der Waals surface area contributed by atoms with E-state index in [-0.39, 0.29) is 12.7 Å². The van der Waals surface area contributed by atoms with E-state index in [9.17, 15) is 5.11 Å². The first kappa shape index (κ1) is 11.0. The molecule has 0 radical (unpaired) electrons. The molecule has 78 valence electrons. The Labute approximate surface area is 80.4 Å². The quantitative estimate of drug-likeness (QED) is 0.668. The Bertz CT molecular complexity index is 150. The maximum Gasteiger partial charge on any atom is 0.0590 e. The summed E-state index contributed by atoms with van der Waals surface area (Å²) in [5.74, 6) is 0.724. The van der Waals surface area contributed by atoms with E-state index in [2.05, 4.69) is 18.7 Å². The van der Waals surface area contributed by atoms with Gasteiger partial charge in [-0.2, -0.15) is 0 Å². The highest BCUT2D eigenvalue weighted by Gasteiger charge is 2.24. The molecule has 3 nitrogen and oxygen atoms in total. The van der Waals surface area contributed by atoms with Crippen LogP contribution in [0, 0.1) is 11.8 Å². The fraction of sp³-hybridized carbons (Fsp3) is 1.00. The molecule has 1 aliphatic rings. The average molecular weight is 187 g/mol. The lowest BCUT2D eigenvalue weighted by Gasteiger charge is -2.35. The van der Waals surface area contributed by atoms with Crippen LogP contribution in [0.3, 0.4) is 0 Å². The number of aliphatic hydroxyl groups is 2. The minimum absolute atomic E-state index is 0.124. The smallest absolute Gasteiger partial charge is 0.0590 e. The largest absolute Gasteiger partial charge is 0.396 e. The van der Waals surface area contributed by atoms with Crippen molar-refractivity contribution in [2.45, 2.75) is 26.4 Å². The minimum Gasteiger partial charge on any atom is -0.396 e. The summed E-state index contributed by atoms with van der Waals surface area (Å²) in [6.07, 6.45) is 0.750. The van der Waals surface area contributed by atoms with Gasteiger partial charge in [-0.1, -0.05) is 13.8 Å². The van der Waals surface area contributed by atoms with E-state index < -0.39 is 0 Å². The van der Waals surface area contributed by atoms with Crippen molar-refractivity contribution in [3.63, 3.8) is 0 Å². The monoisotopic (exact) mass is 187 g/mol. The van der Waals surface area contributed by atoms with Gasteiger partial charge in [-0.05, 0) is 18.3 Å². The second-order valence-corrected chi connectivity index (χ2v) is 4.38. The average Bonchev–Trinajstić information content (AvgIpc) is 2.11. The normalized spacial score (nSPS) is 33.2. The zero-order chi connectivity index (χ0) is 9.84. The summed E-state index contributed by atoms with van der Waals surface area (Å²) < 4.78 is 0. The molecule has 1 saturated heterocycles. The molecule has 0 spiro atoms. The zero-order valence-electron chi connectivity index (χ0n) is 8.61. The summed E-state index contributed by atoms with van der Waals surface area (Å²) in [5, 5.41) is 18.4. The van der Waals surface area contributed by atoms with Crippen molar-refractivity contribution in [2.75, 3.05) is 26.2 Å². The molecular formula is C10H21NO2. The predicted octanol–water partition coefficient (Wildman–Crippen LogP) is 0.317. The first-order valence-electron chi connectivity index (χ1n) is 5.14. The van der Waals surface area contributed by atoms with Crippen LogP contribution >= 0.6 is 0 Å². The van der Waals surface area contributed by atoms with Gasteiger partial charge in [0.1, 0.15) is 0 Å². The minimum atomic E-state index is -0.124. The maximum absolute atomic E-state index is 9.51. The van der Waals surface area contributed by atoms with E-state index in [0.29, 0.717) is 11.8 Å². The van der Waals surface area contributed by atoms with Gasteiger partial charge in [0.15, 0.2) is 0 Å². The van der Waals surface area contributed by atoms with Crippen LogP contribution in [0.5, 0.6) is 0 Å². The van der Waals surface area contributed by atoms with Crippen molar-refractivity contribution in [1.82, 2.24) is 4.90 Å². The Kier molecular flexibility index (Phi) is 4.16. The van der Waals surface area contributed by atoms with Gasteiger partial charge in [0.25, 0.3) is 0 Å². The Morgan fingerprint density at radius 1 is 1.54 bits per heavy atom. The van der Waals surface area contributed by atoms with Crippen molar-refractivity contribution in [1.29, 1.82) is 0 Å². The van der Waals surface area contributed by atoms with E-state index in [4.69, 9.17) is 5.11 Å². The van der Waals surface area contributed by atoms with E-state index >= 15 is 0 Å². The fourth-order valence-corrected chi connectivity index (χ4v) is 1.88. The third-order valence-corrected chi connectivity index (χ3v) is 2.83. The number of hydrogen-bond donors (Lipinski definition) is 2. The van der Waals surface area contributed by atoms with Gasteiger partial charge in [-0.25, -0.2) is 0 Å².